The highest BCUT2D eigenvalue weighted by atomic mass is 19.1. The number of nitrogens with one attached hydrogen (secondary N) is 1. The number of esters is 4. The van der Waals surface area contributed by atoms with Crippen molar-refractivity contribution >= 4 is 35.6 Å². The average Bonchev–Trinajstić information content (AvgIpc) is 3.24. The summed E-state index contributed by atoms with van der Waals surface area (Å²) in [5, 5.41) is 28.1. The van der Waals surface area contributed by atoms with Crippen molar-refractivity contribution in [3.63, 3.8) is 0 Å². The number of fused-ring (bicyclic) bond motifs is 5. The molecular weight excluding hydrogens is 806 g/mol. The van der Waals surface area contributed by atoms with Gasteiger partial charge >= 0.3 is 23.9 Å². The summed E-state index contributed by atoms with van der Waals surface area (Å²) in [6, 6.07) is 22.7. The van der Waals surface area contributed by atoms with Crippen molar-refractivity contribution < 1.29 is 67.1 Å². The van der Waals surface area contributed by atoms with Crippen LogP contribution >= 0.6 is 0 Å². The van der Waals surface area contributed by atoms with Gasteiger partial charge in [-0.05, 0) is 54.8 Å². The summed E-state index contributed by atoms with van der Waals surface area (Å²) >= 11 is 0. The Bertz CT molecular complexity index is 2290. The quantitative estimate of drug-likeness (QED) is 0.144. The predicted octanol–water partition coefficient (Wildman–Crippen LogP) is 4.71. The lowest BCUT2D eigenvalue weighted by Crippen LogP contribution is -2.81. The molecule has 0 spiro atoms. The number of alkyl halides is 1. The molecule has 328 valence electrons. The molecule has 0 radical (unpaired) electrons. The van der Waals surface area contributed by atoms with E-state index in [0.29, 0.717) is 5.56 Å². The van der Waals surface area contributed by atoms with Crippen LogP contribution in [0.25, 0.3) is 0 Å². The first-order valence-corrected chi connectivity index (χ1v) is 20.4. The van der Waals surface area contributed by atoms with Crippen LogP contribution in [0.3, 0.4) is 0 Å². The molecule has 0 aromatic heterocycles. The Morgan fingerprint density at radius 3 is 1.97 bits per heavy atom. The molecule has 15 heteroatoms. The zero-order valence-corrected chi connectivity index (χ0v) is 35.2. The van der Waals surface area contributed by atoms with E-state index in [1.54, 1.807) is 78.9 Å². The van der Waals surface area contributed by atoms with Crippen molar-refractivity contribution in [1.29, 1.82) is 0 Å². The summed E-state index contributed by atoms with van der Waals surface area (Å²) in [7, 11) is 0. The number of ketones is 1. The summed E-state index contributed by atoms with van der Waals surface area (Å²) in [5.74, 6) is -7.24. The van der Waals surface area contributed by atoms with Crippen molar-refractivity contribution in [2.24, 2.45) is 16.7 Å². The highest BCUT2D eigenvalue weighted by Gasteiger charge is 2.78. The van der Waals surface area contributed by atoms with Gasteiger partial charge in [-0.15, -0.1) is 0 Å². The first-order chi connectivity index (χ1) is 29.3. The number of ether oxygens (including phenoxy) is 5. The van der Waals surface area contributed by atoms with Crippen molar-refractivity contribution in [2.75, 3.05) is 6.61 Å². The second kappa shape index (κ2) is 16.5. The van der Waals surface area contributed by atoms with Crippen molar-refractivity contribution in [3.8, 4) is 0 Å². The fourth-order valence-corrected chi connectivity index (χ4v) is 10.1. The maximum Gasteiger partial charge on any atom is 0.338 e. The Hall–Kier alpha value is -5.77. The minimum Gasteiger partial charge on any atom is -0.456 e. The molecule has 7 rings (SSSR count). The van der Waals surface area contributed by atoms with Gasteiger partial charge in [-0.25, -0.2) is 14.0 Å². The molecular formula is C47H50FNO13. The van der Waals surface area contributed by atoms with Gasteiger partial charge in [0, 0.05) is 37.7 Å². The average molecular weight is 856 g/mol. The number of benzene rings is 3. The molecule has 1 aliphatic heterocycles. The third kappa shape index (κ3) is 7.29. The van der Waals surface area contributed by atoms with Crippen LogP contribution in [0, 0.1) is 16.7 Å². The smallest absolute Gasteiger partial charge is 0.338 e. The third-order valence-corrected chi connectivity index (χ3v) is 13.4. The van der Waals surface area contributed by atoms with Crippen molar-refractivity contribution in [2.45, 2.75) is 108 Å². The van der Waals surface area contributed by atoms with Gasteiger partial charge < -0.3 is 39.2 Å². The number of aliphatic hydroxyl groups is 2. The van der Waals surface area contributed by atoms with Crippen LogP contribution in [0.2, 0.25) is 0 Å². The monoisotopic (exact) mass is 855 g/mol. The highest BCUT2D eigenvalue weighted by molar-refractivity contribution is 5.96. The number of carbonyl (C=O) groups excluding carboxylic acids is 6. The van der Waals surface area contributed by atoms with Crippen LogP contribution < -0.4 is 5.32 Å². The van der Waals surface area contributed by atoms with Crippen LogP contribution in [0.4, 0.5) is 4.39 Å². The van der Waals surface area contributed by atoms with Gasteiger partial charge in [0.2, 0.25) is 0 Å². The Labute approximate surface area is 357 Å². The second-order valence-corrected chi connectivity index (χ2v) is 17.3. The molecule has 1 amide bonds. The van der Waals surface area contributed by atoms with Crippen LogP contribution in [0.15, 0.2) is 102 Å². The molecule has 62 heavy (non-hydrogen) atoms. The number of carbonyl (C=O) groups is 6. The summed E-state index contributed by atoms with van der Waals surface area (Å²) in [6.07, 6.45) is -11.6. The van der Waals surface area contributed by atoms with Gasteiger partial charge in [0.05, 0.1) is 29.5 Å². The van der Waals surface area contributed by atoms with Crippen LogP contribution in [0.1, 0.15) is 86.7 Å². The summed E-state index contributed by atoms with van der Waals surface area (Å²) in [4.78, 5) is 83.3. The predicted molar refractivity (Wildman–Crippen MR) is 217 cm³/mol. The summed E-state index contributed by atoms with van der Waals surface area (Å²) in [6.45, 7) is 7.64. The standard InChI is InChI=1S/C47H50FNO13/c1-25-31(60-43(56)36(52)35(28-16-10-7-11-17-28)49-41(54)29-18-12-8-13-19-29)23-47(57)40(61-42(55)30-20-14-9-15-21-30)38-45(6,32(48)22-33-46(38,24-58-33)62-27(3)51)39(53)37(59-26(2)50)34(25)44(47,4)5/h7-21,31-33,35-38,40,52,57H,22-24H2,1-6H3,(H,49,54)/t31?,32-,33-,35+,36-,37-,38+,40+,45-,46+,47-/m1/s1. The Morgan fingerprint density at radius 1 is 0.839 bits per heavy atom. The minimum atomic E-state index is -2.45. The van der Waals surface area contributed by atoms with Gasteiger partial charge in [-0.1, -0.05) is 80.6 Å². The number of aliphatic hydroxyl groups excluding tert-OH is 1. The number of halogens is 1. The Morgan fingerprint density at radius 2 is 1.42 bits per heavy atom. The Kier molecular flexibility index (Phi) is 11.8. The van der Waals surface area contributed by atoms with Gasteiger partial charge in [0.25, 0.3) is 5.91 Å². The molecule has 2 bridgehead atoms. The van der Waals surface area contributed by atoms with E-state index in [4.69, 9.17) is 23.7 Å². The van der Waals surface area contributed by atoms with E-state index in [0.717, 1.165) is 13.8 Å². The molecule has 3 N–H and O–H groups in total. The molecule has 1 heterocycles. The maximum absolute atomic E-state index is 17.2. The molecule has 11 atom stereocenters. The third-order valence-electron chi connectivity index (χ3n) is 13.4. The highest BCUT2D eigenvalue weighted by Crippen LogP contribution is 2.65. The van der Waals surface area contributed by atoms with E-state index in [9.17, 15) is 34.2 Å². The molecule has 3 fully saturated rings. The first-order valence-electron chi connectivity index (χ1n) is 20.4. The van der Waals surface area contributed by atoms with E-state index in [2.05, 4.69) is 5.32 Å². The number of hydrogen-bond acceptors (Lipinski definition) is 13. The first kappa shape index (κ1) is 44.3. The molecule has 3 aromatic rings. The molecule has 3 aliphatic carbocycles. The number of hydrogen-bond donors (Lipinski definition) is 3. The van der Waals surface area contributed by atoms with Crippen LogP contribution in [0.5, 0.6) is 0 Å². The number of amides is 1. The van der Waals surface area contributed by atoms with Gasteiger partial charge in [0.15, 0.2) is 23.6 Å². The number of Topliss-reactive ketones (excluding diaryl/α,β-unsaturated/α-hetero) is 1. The van der Waals surface area contributed by atoms with Crippen LogP contribution in [-0.4, -0.2) is 100 Å². The Balaban J connectivity index is 1.39. The largest absolute Gasteiger partial charge is 0.456 e. The molecule has 1 saturated heterocycles. The van der Waals surface area contributed by atoms with Gasteiger partial charge in [0.1, 0.15) is 30.1 Å². The van der Waals surface area contributed by atoms with E-state index >= 15 is 9.18 Å². The molecule has 2 saturated carbocycles. The van der Waals surface area contributed by atoms with E-state index in [-0.39, 0.29) is 28.9 Å². The zero-order chi connectivity index (χ0) is 44.9. The lowest BCUT2D eigenvalue weighted by Gasteiger charge is -2.67. The molecule has 3 aromatic carbocycles. The molecule has 1 unspecified atom stereocenters. The lowest BCUT2D eigenvalue weighted by atomic mass is 9.45. The number of rotatable bonds is 10. The van der Waals surface area contributed by atoms with Crippen molar-refractivity contribution in [1.82, 2.24) is 5.32 Å². The second-order valence-electron chi connectivity index (χ2n) is 17.3. The van der Waals surface area contributed by atoms with Crippen molar-refractivity contribution in [3.05, 3.63) is 119 Å². The molecule has 4 aliphatic rings. The summed E-state index contributed by atoms with van der Waals surface area (Å²) in [5.41, 5.74) is -7.57. The summed E-state index contributed by atoms with van der Waals surface area (Å²) < 4.78 is 47.2. The topological polar surface area (TPSA) is 201 Å². The van der Waals surface area contributed by atoms with Gasteiger partial charge in [-0.3, -0.25) is 19.2 Å². The maximum atomic E-state index is 17.2. The fourth-order valence-electron chi connectivity index (χ4n) is 10.1. The molecule has 14 nitrogen and oxygen atoms in total. The SMILES string of the molecule is CC(=O)O[C@H]1C(=O)[C@]2(C)[C@H](F)C[C@H]3OC[C@@]3(OC(C)=O)[C@H]2[C@H](OC(=O)c2ccccc2)[C@]2(O)CC(OC(=O)[C@H](O)[C@@H](NC(=O)c3ccccc3)c3ccccc3)C(C)=C1C2(C)C. The lowest BCUT2D eigenvalue weighted by molar-refractivity contribution is -0.341. The van der Waals surface area contributed by atoms with E-state index < -0.39 is 119 Å². The van der Waals surface area contributed by atoms with Gasteiger partial charge in [-0.2, -0.15) is 0 Å². The fraction of sp³-hybridized carbons (Fsp3) is 0.447. The normalized spacial score (nSPS) is 31.9. The van der Waals surface area contributed by atoms with Crippen LogP contribution in [-0.2, 0) is 42.9 Å². The van der Waals surface area contributed by atoms with E-state index in [1.807, 2.05) is 0 Å². The zero-order valence-electron chi connectivity index (χ0n) is 35.2. The minimum absolute atomic E-state index is 0.0377. The van der Waals surface area contributed by atoms with E-state index in [1.165, 1.54) is 39.8 Å².